The molecule has 0 aliphatic carbocycles. The Bertz CT molecular complexity index is 1260. The molecular formula is C23H20ClF5N4O2. The van der Waals surface area contributed by atoms with E-state index in [1.54, 1.807) is 11.5 Å². The summed E-state index contributed by atoms with van der Waals surface area (Å²) in [6.45, 7) is 5.03. The molecule has 0 aliphatic rings. The van der Waals surface area contributed by atoms with Gasteiger partial charge in [0.2, 0.25) is 0 Å². The van der Waals surface area contributed by atoms with Crippen LogP contribution in [0.4, 0.5) is 27.6 Å². The lowest BCUT2D eigenvalue weighted by molar-refractivity contribution is -0.130. The first-order valence-electron chi connectivity index (χ1n) is 10.2. The van der Waals surface area contributed by atoms with Crippen LogP contribution in [0.25, 0.3) is 11.3 Å². The summed E-state index contributed by atoms with van der Waals surface area (Å²) in [7, 11) is 0. The number of hydrogen-bond donors (Lipinski definition) is 2. The number of aromatic nitrogens is 2. The molecule has 35 heavy (non-hydrogen) atoms. The number of anilines is 1. The molecule has 2 aromatic carbocycles. The van der Waals surface area contributed by atoms with E-state index < -0.39 is 41.5 Å². The van der Waals surface area contributed by atoms with Gasteiger partial charge >= 0.3 is 6.18 Å². The molecule has 0 unspecified atom stereocenters. The predicted octanol–water partition coefficient (Wildman–Crippen LogP) is 6.60. The van der Waals surface area contributed by atoms with Gasteiger partial charge < -0.3 is 15.0 Å². The Hall–Kier alpha value is -3.65. The summed E-state index contributed by atoms with van der Waals surface area (Å²) in [5.41, 5.74) is -0.639. The van der Waals surface area contributed by atoms with Crippen LogP contribution in [0.15, 0.2) is 30.3 Å². The lowest BCUT2D eigenvalue weighted by Gasteiger charge is -2.11. The number of hydrogen-bond acceptors (Lipinski definition) is 4. The molecule has 0 saturated carbocycles. The van der Waals surface area contributed by atoms with Crippen molar-refractivity contribution in [2.75, 3.05) is 5.32 Å². The molecule has 0 aliphatic heterocycles. The quantitative estimate of drug-likeness (QED) is 0.384. The number of benzene rings is 2. The molecule has 2 N–H and O–H groups in total. The maximum absolute atomic E-state index is 14.8. The third-order valence-corrected chi connectivity index (χ3v) is 5.08. The van der Waals surface area contributed by atoms with E-state index >= 15 is 0 Å². The summed E-state index contributed by atoms with van der Waals surface area (Å²) >= 11 is 5.87. The van der Waals surface area contributed by atoms with Crippen molar-refractivity contribution < 1.29 is 31.9 Å². The number of nitrogens with one attached hydrogen (secondary N) is 1. The molecule has 0 fully saturated rings. The first-order chi connectivity index (χ1) is 16.3. The van der Waals surface area contributed by atoms with Crippen LogP contribution in [0.2, 0.25) is 5.02 Å². The van der Waals surface area contributed by atoms with E-state index in [1.165, 1.54) is 12.1 Å². The van der Waals surface area contributed by atoms with Crippen LogP contribution < -0.4 is 5.32 Å². The molecule has 1 aromatic heterocycles. The van der Waals surface area contributed by atoms with E-state index in [9.17, 15) is 37.1 Å². The molecule has 0 saturated heterocycles. The first kappa shape index (κ1) is 27.6. The van der Waals surface area contributed by atoms with Gasteiger partial charge in [0.25, 0.3) is 5.91 Å². The van der Waals surface area contributed by atoms with E-state index in [2.05, 4.69) is 10.3 Å². The lowest BCUT2D eigenvalue weighted by Crippen LogP contribution is -2.14. The number of nitrogens with zero attached hydrogens (tertiary/aromatic N) is 3. The summed E-state index contributed by atoms with van der Waals surface area (Å²) < 4.78 is 62.6. The molecule has 1 amide bonds. The number of aromatic hydroxyl groups is 1. The zero-order valence-electron chi connectivity index (χ0n) is 18.8. The molecular weight excluding hydrogens is 495 g/mol. The van der Waals surface area contributed by atoms with Gasteiger partial charge in [-0.1, -0.05) is 24.6 Å². The Morgan fingerprint density at radius 3 is 2.37 bits per heavy atom. The Kier molecular flexibility index (Phi) is 8.82. The molecule has 0 bridgehead atoms. The van der Waals surface area contributed by atoms with Crippen LogP contribution in [0.1, 0.15) is 42.1 Å². The largest absolute Gasteiger partial charge is 0.507 e. The van der Waals surface area contributed by atoms with Gasteiger partial charge in [-0.3, -0.25) is 4.79 Å². The fourth-order valence-corrected chi connectivity index (χ4v) is 3.19. The number of alkyl halides is 3. The number of phenols is 1. The topological polar surface area (TPSA) is 90.9 Å². The van der Waals surface area contributed by atoms with E-state index in [1.807, 2.05) is 13.0 Å². The monoisotopic (exact) mass is 514 g/mol. The minimum atomic E-state index is -3.96. The van der Waals surface area contributed by atoms with Gasteiger partial charge in [0.15, 0.2) is 0 Å². The van der Waals surface area contributed by atoms with Gasteiger partial charge in [0, 0.05) is 18.5 Å². The second kappa shape index (κ2) is 11.2. The van der Waals surface area contributed by atoms with E-state index in [0.29, 0.717) is 12.4 Å². The second-order valence-corrected chi connectivity index (χ2v) is 7.49. The molecule has 0 radical (unpaired) electrons. The van der Waals surface area contributed by atoms with Gasteiger partial charge in [-0.2, -0.15) is 18.4 Å². The zero-order chi connectivity index (χ0) is 26.5. The normalized spacial score (nSPS) is 10.9. The summed E-state index contributed by atoms with van der Waals surface area (Å²) in [6.07, 6.45) is -4.69. The summed E-state index contributed by atoms with van der Waals surface area (Å²) in [4.78, 5) is 16.6. The number of halogens is 6. The van der Waals surface area contributed by atoms with Crippen LogP contribution in [0.3, 0.4) is 0 Å². The van der Waals surface area contributed by atoms with Crippen molar-refractivity contribution in [2.24, 2.45) is 0 Å². The van der Waals surface area contributed by atoms with Crippen LogP contribution >= 0.6 is 11.6 Å². The number of carbonyl (C=O) groups is 1. The van der Waals surface area contributed by atoms with Crippen molar-refractivity contribution in [2.45, 2.75) is 39.9 Å². The van der Waals surface area contributed by atoms with Crippen molar-refractivity contribution in [1.29, 1.82) is 5.26 Å². The minimum Gasteiger partial charge on any atom is -0.507 e. The Morgan fingerprint density at radius 1 is 1.23 bits per heavy atom. The van der Waals surface area contributed by atoms with Crippen LogP contribution in [-0.2, 0) is 6.54 Å². The maximum atomic E-state index is 14.8. The fourth-order valence-electron chi connectivity index (χ4n) is 2.98. The van der Waals surface area contributed by atoms with Crippen molar-refractivity contribution in [3.8, 4) is 23.1 Å². The standard InChI is InChI=1S/C20H15ClF2N4O2.C3H5F3/c1-3-27-10(2)25-18(16(27)9-24)11-8-17(28)12(7-15(11)23)20(29)26-19-13(21)5-4-6-14(19)22;1-2-3(4,5)6/h4-8,28H,3H2,1-2H3,(H,26,29);2H2,1H3. The highest BCUT2D eigenvalue weighted by atomic mass is 35.5. The van der Waals surface area contributed by atoms with E-state index in [0.717, 1.165) is 25.1 Å². The highest BCUT2D eigenvalue weighted by Crippen LogP contribution is 2.33. The predicted molar refractivity (Wildman–Crippen MR) is 120 cm³/mol. The number of nitriles is 1. The highest BCUT2D eigenvalue weighted by Gasteiger charge is 2.24. The molecule has 6 nitrogen and oxygen atoms in total. The number of amides is 1. The smallest absolute Gasteiger partial charge is 0.388 e. The van der Waals surface area contributed by atoms with Crippen LogP contribution in [0, 0.1) is 29.9 Å². The van der Waals surface area contributed by atoms with Crippen molar-refractivity contribution in [3.05, 3.63) is 64.1 Å². The average Bonchev–Trinajstić information content (AvgIpc) is 3.12. The molecule has 186 valence electrons. The number of aryl methyl sites for hydroxylation is 1. The van der Waals surface area contributed by atoms with Gasteiger partial charge in [-0.25, -0.2) is 13.8 Å². The summed E-state index contributed by atoms with van der Waals surface area (Å²) in [6, 6.07) is 7.63. The van der Waals surface area contributed by atoms with Crippen LogP contribution in [-0.4, -0.2) is 26.7 Å². The minimum absolute atomic E-state index is 0.0471. The van der Waals surface area contributed by atoms with Crippen molar-refractivity contribution in [3.63, 3.8) is 0 Å². The molecule has 3 rings (SSSR count). The van der Waals surface area contributed by atoms with E-state index in [-0.39, 0.29) is 27.7 Å². The Balaban J connectivity index is 0.000000641. The lowest BCUT2D eigenvalue weighted by atomic mass is 10.0. The number of rotatable bonds is 4. The van der Waals surface area contributed by atoms with Gasteiger partial charge in [0.1, 0.15) is 40.7 Å². The number of phenolic OH excluding ortho intramolecular Hbond substituents is 1. The third kappa shape index (κ3) is 6.48. The molecule has 0 spiro atoms. The molecule has 3 aromatic rings. The molecule has 0 atom stereocenters. The second-order valence-electron chi connectivity index (χ2n) is 7.08. The first-order valence-corrected chi connectivity index (χ1v) is 10.5. The Labute approximate surface area is 202 Å². The number of carbonyl (C=O) groups excluding carboxylic acids is 1. The number of imidazole rings is 1. The number of para-hydroxylation sites is 1. The van der Waals surface area contributed by atoms with Gasteiger partial charge in [-0.15, -0.1) is 0 Å². The fraction of sp³-hybridized carbons (Fsp3) is 0.261. The molecule has 12 heteroatoms. The maximum Gasteiger partial charge on any atom is 0.388 e. The third-order valence-electron chi connectivity index (χ3n) is 4.77. The average molecular weight is 515 g/mol. The van der Waals surface area contributed by atoms with Crippen molar-refractivity contribution >= 4 is 23.2 Å². The SMILES string of the molecule is CCC(F)(F)F.CCn1c(C)nc(-c2cc(O)c(C(=O)Nc3c(F)cccc3Cl)cc2F)c1C#N. The van der Waals surface area contributed by atoms with Crippen molar-refractivity contribution in [1.82, 2.24) is 9.55 Å². The van der Waals surface area contributed by atoms with E-state index in [4.69, 9.17) is 11.6 Å². The summed E-state index contributed by atoms with van der Waals surface area (Å²) in [5, 5.41) is 21.9. The highest BCUT2D eigenvalue weighted by molar-refractivity contribution is 6.34. The van der Waals surface area contributed by atoms with Gasteiger partial charge in [0.05, 0.1) is 16.3 Å². The Morgan fingerprint density at radius 2 is 1.86 bits per heavy atom. The molecule has 1 heterocycles. The summed E-state index contributed by atoms with van der Waals surface area (Å²) in [5.74, 6) is -2.64. The van der Waals surface area contributed by atoms with Gasteiger partial charge in [-0.05, 0) is 38.1 Å². The van der Waals surface area contributed by atoms with Crippen LogP contribution in [0.5, 0.6) is 5.75 Å². The zero-order valence-corrected chi connectivity index (χ0v) is 19.5.